The zero-order chi connectivity index (χ0) is 21.6. The molecule has 4 nitrogen and oxygen atoms in total. The highest BCUT2D eigenvalue weighted by Crippen LogP contribution is 2.41. The third-order valence-electron chi connectivity index (χ3n) is 6.58. The quantitative estimate of drug-likeness (QED) is 0.702. The summed E-state index contributed by atoms with van der Waals surface area (Å²) in [6.07, 6.45) is 5.57. The number of likely N-dealkylation sites (tertiary alicyclic amines) is 1. The van der Waals surface area contributed by atoms with Gasteiger partial charge in [-0.15, -0.1) is 0 Å². The monoisotopic (exact) mass is 427 g/mol. The number of hydrogen-bond acceptors (Lipinski definition) is 4. The molecule has 0 saturated carbocycles. The molecule has 0 atom stereocenters. The fourth-order valence-corrected chi connectivity index (χ4v) is 5.53. The highest BCUT2D eigenvalue weighted by atomic mass is 32.2. The van der Waals surface area contributed by atoms with Crippen molar-refractivity contribution in [2.24, 2.45) is 0 Å². The SMILES string of the molecule is CC(C)(C)N1CCC2(CCc3cc(-c4ccc(CS(C)(=O)=O)cc4)ccc3O2)CC1. The predicted molar refractivity (Wildman–Crippen MR) is 123 cm³/mol. The molecule has 162 valence electrons. The molecule has 0 aromatic heterocycles. The van der Waals surface area contributed by atoms with Crippen molar-refractivity contribution < 1.29 is 13.2 Å². The Morgan fingerprint density at radius 1 is 0.967 bits per heavy atom. The van der Waals surface area contributed by atoms with E-state index in [1.807, 2.05) is 24.3 Å². The lowest BCUT2D eigenvalue weighted by Gasteiger charge is -2.48. The lowest BCUT2D eigenvalue weighted by molar-refractivity contribution is -0.0355. The summed E-state index contributed by atoms with van der Waals surface area (Å²) in [5.74, 6) is 1.11. The highest BCUT2D eigenvalue weighted by Gasteiger charge is 2.41. The van der Waals surface area contributed by atoms with Gasteiger partial charge in [0.1, 0.15) is 11.4 Å². The Morgan fingerprint density at radius 3 is 2.20 bits per heavy atom. The van der Waals surface area contributed by atoms with Crippen molar-refractivity contribution in [3.8, 4) is 16.9 Å². The molecule has 2 aromatic rings. The number of aryl methyl sites for hydroxylation is 1. The minimum atomic E-state index is -3.01. The van der Waals surface area contributed by atoms with E-state index in [9.17, 15) is 8.42 Å². The molecule has 0 aliphatic carbocycles. The first kappa shape index (κ1) is 21.4. The Balaban J connectivity index is 1.47. The third-order valence-corrected chi connectivity index (χ3v) is 7.43. The molecular weight excluding hydrogens is 394 g/mol. The number of nitrogens with zero attached hydrogens (tertiary/aromatic N) is 1. The largest absolute Gasteiger partial charge is 0.487 e. The zero-order valence-corrected chi connectivity index (χ0v) is 19.4. The standard InChI is InChI=1S/C25H33NO3S/c1-24(2,3)26-15-13-25(14-16-26)12-11-22-17-21(9-10-23(22)29-25)20-7-5-19(6-8-20)18-30(4,27)28/h5-10,17H,11-16,18H2,1-4H3. The van der Waals surface area contributed by atoms with Gasteiger partial charge in [-0.1, -0.05) is 30.3 Å². The van der Waals surface area contributed by atoms with Crippen LogP contribution in [0, 0.1) is 0 Å². The lowest BCUT2D eigenvalue weighted by atomic mass is 9.81. The summed E-state index contributed by atoms with van der Waals surface area (Å²) in [5, 5.41) is 0. The van der Waals surface area contributed by atoms with Gasteiger partial charge in [0.25, 0.3) is 0 Å². The van der Waals surface area contributed by atoms with Crippen molar-refractivity contribution in [1.29, 1.82) is 0 Å². The molecule has 30 heavy (non-hydrogen) atoms. The van der Waals surface area contributed by atoms with Crippen molar-refractivity contribution in [3.05, 3.63) is 53.6 Å². The molecule has 1 saturated heterocycles. The Hall–Kier alpha value is -1.85. The molecule has 2 aliphatic heterocycles. The van der Waals surface area contributed by atoms with Gasteiger partial charge >= 0.3 is 0 Å². The van der Waals surface area contributed by atoms with Crippen LogP contribution >= 0.6 is 0 Å². The maximum atomic E-state index is 11.5. The number of ether oxygens (including phenoxy) is 1. The van der Waals surface area contributed by atoms with Gasteiger partial charge < -0.3 is 4.74 Å². The van der Waals surface area contributed by atoms with Crippen LogP contribution in [-0.4, -0.2) is 43.8 Å². The van der Waals surface area contributed by atoms with Gasteiger partial charge in [0.2, 0.25) is 0 Å². The van der Waals surface area contributed by atoms with Crippen molar-refractivity contribution in [2.45, 2.75) is 63.3 Å². The van der Waals surface area contributed by atoms with E-state index in [2.05, 4.69) is 43.9 Å². The first-order valence-corrected chi connectivity index (χ1v) is 12.9. The van der Waals surface area contributed by atoms with Crippen LogP contribution in [0.2, 0.25) is 0 Å². The lowest BCUT2D eigenvalue weighted by Crippen LogP contribution is -2.54. The molecule has 2 aromatic carbocycles. The van der Waals surface area contributed by atoms with Crippen LogP contribution in [0.3, 0.4) is 0 Å². The number of hydrogen-bond donors (Lipinski definition) is 0. The molecule has 0 bridgehead atoms. The summed E-state index contributed by atoms with van der Waals surface area (Å²) < 4.78 is 29.6. The van der Waals surface area contributed by atoms with Gasteiger partial charge in [-0.25, -0.2) is 8.42 Å². The summed E-state index contributed by atoms with van der Waals surface area (Å²) in [6.45, 7) is 9.05. The predicted octanol–water partition coefficient (Wildman–Crippen LogP) is 4.86. The Labute approximate surface area is 181 Å². The van der Waals surface area contributed by atoms with E-state index in [0.717, 1.165) is 61.2 Å². The summed E-state index contributed by atoms with van der Waals surface area (Å²) in [5.41, 5.74) is 4.57. The summed E-state index contributed by atoms with van der Waals surface area (Å²) in [6, 6.07) is 14.3. The van der Waals surface area contributed by atoms with Crippen molar-refractivity contribution in [1.82, 2.24) is 4.90 Å². The summed E-state index contributed by atoms with van der Waals surface area (Å²) >= 11 is 0. The Morgan fingerprint density at radius 2 is 1.60 bits per heavy atom. The van der Waals surface area contributed by atoms with E-state index in [4.69, 9.17) is 4.74 Å². The molecule has 0 unspecified atom stereocenters. The molecular formula is C25H33NO3S. The van der Waals surface area contributed by atoms with Gasteiger partial charge in [0.15, 0.2) is 9.84 Å². The van der Waals surface area contributed by atoms with Crippen LogP contribution in [0.5, 0.6) is 5.75 Å². The maximum absolute atomic E-state index is 11.5. The van der Waals surface area contributed by atoms with E-state index in [1.165, 1.54) is 11.8 Å². The number of piperidine rings is 1. The zero-order valence-electron chi connectivity index (χ0n) is 18.6. The molecule has 0 radical (unpaired) electrons. The van der Waals surface area contributed by atoms with E-state index >= 15 is 0 Å². The second kappa shape index (κ2) is 7.69. The van der Waals surface area contributed by atoms with Crippen LogP contribution < -0.4 is 4.74 Å². The van der Waals surface area contributed by atoms with Gasteiger partial charge in [-0.05, 0) is 80.8 Å². The van der Waals surface area contributed by atoms with E-state index in [1.54, 1.807) is 0 Å². The molecule has 1 fully saturated rings. The van der Waals surface area contributed by atoms with Crippen LogP contribution in [0.1, 0.15) is 51.2 Å². The first-order chi connectivity index (χ1) is 14.0. The van der Waals surface area contributed by atoms with Crippen molar-refractivity contribution >= 4 is 9.84 Å². The molecule has 1 spiro atoms. The minimum absolute atomic E-state index is 0.0104. The number of fused-ring (bicyclic) bond motifs is 1. The van der Waals surface area contributed by atoms with Crippen LogP contribution in [-0.2, 0) is 22.0 Å². The number of rotatable bonds is 3. The molecule has 0 N–H and O–H groups in total. The number of sulfone groups is 1. The van der Waals surface area contributed by atoms with Crippen LogP contribution in [0.25, 0.3) is 11.1 Å². The minimum Gasteiger partial charge on any atom is -0.487 e. The Kier molecular flexibility index (Phi) is 5.48. The average Bonchev–Trinajstić information content (AvgIpc) is 2.67. The molecule has 2 aliphatic rings. The maximum Gasteiger partial charge on any atom is 0.151 e. The second-order valence-electron chi connectivity index (χ2n) is 10.0. The second-order valence-corrected chi connectivity index (χ2v) is 12.2. The summed E-state index contributed by atoms with van der Waals surface area (Å²) in [4.78, 5) is 2.56. The van der Waals surface area contributed by atoms with Crippen molar-refractivity contribution in [3.63, 3.8) is 0 Å². The molecule has 0 amide bonds. The Bertz CT molecular complexity index is 1010. The van der Waals surface area contributed by atoms with Gasteiger partial charge in [0.05, 0.1) is 5.75 Å². The third kappa shape index (κ3) is 4.73. The summed E-state index contributed by atoms with van der Waals surface area (Å²) in [7, 11) is -3.01. The van der Waals surface area contributed by atoms with E-state index < -0.39 is 9.84 Å². The molecule has 2 heterocycles. The van der Waals surface area contributed by atoms with Gasteiger partial charge in [-0.3, -0.25) is 4.90 Å². The average molecular weight is 428 g/mol. The molecule has 5 heteroatoms. The van der Waals surface area contributed by atoms with Gasteiger partial charge in [-0.2, -0.15) is 0 Å². The fourth-order valence-electron chi connectivity index (χ4n) is 4.73. The number of benzene rings is 2. The smallest absolute Gasteiger partial charge is 0.151 e. The molecule has 4 rings (SSSR count). The van der Waals surface area contributed by atoms with Crippen LogP contribution in [0.15, 0.2) is 42.5 Å². The van der Waals surface area contributed by atoms with E-state index in [-0.39, 0.29) is 16.9 Å². The van der Waals surface area contributed by atoms with Gasteiger partial charge in [0, 0.05) is 24.9 Å². The topological polar surface area (TPSA) is 46.6 Å². The fraction of sp³-hybridized carbons (Fsp3) is 0.520. The van der Waals surface area contributed by atoms with E-state index in [0.29, 0.717) is 0 Å². The normalized spacial score (nSPS) is 19.3. The van der Waals surface area contributed by atoms with Crippen LogP contribution in [0.4, 0.5) is 0 Å². The van der Waals surface area contributed by atoms with Crippen molar-refractivity contribution in [2.75, 3.05) is 19.3 Å². The highest BCUT2D eigenvalue weighted by molar-refractivity contribution is 7.89. The first-order valence-electron chi connectivity index (χ1n) is 10.9.